The molecule has 130 valence electrons. The fourth-order valence-electron chi connectivity index (χ4n) is 2.47. The van der Waals surface area contributed by atoms with Gasteiger partial charge in [0.15, 0.2) is 0 Å². The van der Waals surface area contributed by atoms with Gasteiger partial charge in [-0.05, 0) is 50.1 Å². The van der Waals surface area contributed by atoms with Gasteiger partial charge in [-0.15, -0.1) is 0 Å². The van der Waals surface area contributed by atoms with E-state index >= 15 is 0 Å². The van der Waals surface area contributed by atoms with Crippen molar-refractivity contribution in [1.29, 1.82) is 0 Å². The molecule has 24 heavy (non-hydrogen) atoms. The van der Waals surface area contributed by atoms with Gasteiger partial charge in [0.05, 0.1) is 18.6 Å². The van der Waals surface area contributed by atoms with Crippen LogP contribution in [-0.4, -0.2) is 22.1 Å². The Morgan fingerprint density at radius 3 is 2.42 bits per heavy atom. The van der Waals surface area contributed by atoms with Gasteiger partial charge >= 0.3 is 0 Å². The Labute approximate surface area is 143 Å². The van der Waals surface area contributed by atoms with Crippen molar-refractivity contribution in [2.45, 2.75) is 32.2 Å². The summed E-state index contributed by atoms with van der Waals surface area (Å²) in [6.07, 6.45) is 0. The molecule has 2 aromatic carbocycles. The molecule has 2 aromatic rings. The van der Waals surface area contributed by atoms with E-state index in [1.165, 1.54) is 0 Å². The zero-order valence-corrected chi connectivity index (χ0v) is 15.2. The third-order valence-electron chi connectivity index (χ3n) is 3.71. The molecule has 0 fully saturated rings. The first-order valence-electron chi connectivity index (χ1n) is 7.74. The molecule has 0 heterocycles. The lowest BCUT2D eigenvalue weighted by molar-refractivity contribution is 0.336. The first-order valence-corrected chi connectivity index (χ1v) is 9.23. The number of sulfonamides is 1. The summed E-state index contributed by atoms with van der Waals surface area (Å²) >= 11 is 0. The van der Waals surface area contributed by atoms with Gasteiger partial charge in [-0.3, -0.25) is 0 Å². The predicted molar refractivity (Wildman–Crippen MR) is 94.1 cm³/mol. The van der Waals surface area contributed by atoms with Crippen LogP contribution in [0.5, 0.6) is 11.5 Å². The van der Waals surface area contributed by atoms with E-state index in [1.54, 1.807) is 26.2 Å². The monoisotopic (exact) mass is 349 g/mol. The average molecular weight is 349 g/mol. The largest absolute Gasteiger partial charge is 0.496 e. The summed E-state index contributed by atoms with van der Waals surface area (Å²) in [5, 5.41) is 0. The minimum absolute atomic E-state index is 0.170. The summed E-state index contributed by atoms with van der Waals surface area (Å²) in [6.45, 7) is 6.17. The number of methoxy groups -OCH3 is 1. The van der Waals surface area contributed by atoms with Crippen molar-refractivity contribution in [2.24, 2.45) is 0 Å². The lowest BCUT2D eigenvalue weighted by Crippen LogP contribution is -2.24. The summed E-state index contributed by atoms with van der Waals surface area (Å²) in [4.78, 5) is 0.259. The fourth-order valence-corrected chi connectivity index (χ4v) is 3.79. The Bertz CT molecular complexity index is 816. The maximum atomic E-state index is 12.7. The third kappa shape index (κ3) is 4.07. The molecule has 0 saturated heterocycles. The van der Waals surface area contributed by atoms with Crippen LogP contribution in [0.4, 0.5) is 0 Å². The lowest BCUT2D eigenvalue weighted by Gasteiger charge is -2.14. The molecule has 0 unspecified atom stereocenters. The maximum absolute atomic E-state index is 12.7. The molecule has 6 heteroatoms. The average Bonchev–Trinajstić information content (AvgIpc) is 2.56. The van der Waals surface area contributed by atoms with Crippen LogP contribution < -0.4 is 14.2 Å². The highest BCUT2D eigenvalue weighted by Crippen LogP contribution is 2.26. The van der Waals surface area contributed by atoms with Gasteiger partial charge < -0.3 is 9.47 Å². The van der Waals surface area contributed by atoms with Crippen LogP contribution in [0.25, 0.3) is 0 Å². The van der Waals surface area contributed by atoms with Crippen LogP contribution in [-0.2, 0) is 16.6 Å². The first kappa shape index (κ1) is 18.3. The van der Waals surface area contributed by atoms with E-state index in [1.807, 2.05) is 38.1 Å². The second-order valence-corrected chi connectivity index (χ2v) is 7.19. The van der Waals surface area contributed by atoms with Crippen molar-refractivity contribution in [1.82, 2.24) is 4.72 Å². The van der Waals surface area contributed by atoms with Crippen molar-refractivity contribution in [3.63, 3.8) is 0 Å². The number of aryl methyl sites for hydroxylation is 2. The quantitative estimate of drug-likeness (QED) is 0.834. The maximum Gasteiger partial charge on any atom is 0.241 e. The van der Waals surface area contributed by atoms with Crippen molar-refractivity contribution in [3.8, 4) is 11.5 Å². The highest BCUT2D eigenvalue weighted by Gasteiger charge is 2.19. The molecule has 0 bridgehead atoms. The van der Waals surface area contributed by atoms with E-state index in [-0.39, 0.29) is 11.4 Å². The van der Waals surface area contributed by atoms with E-state index in [9.17, 15) is 8.42 Å². The highest BCUT2D eigenvalue weighted by atomic mass is 32.2. The van der Waals surface area contributed by atoms with Gasteiger partial charge in [-0.2, -0.15) is 0 Å². The van der Waals surface area contributed by atoms with Crippen molar-refractivity contribution in [3.05, 3.63) is 53.1 Å². The van der Waals surface area contributed by atoms with Gasteiger partial charge in [0.1, 0.15) is 11.5 Å². The molecule has 0 radical (unpaired) electrons. The van der Waals surface area contributed by atoms with Gasteiger partial charge in [-0.25, -0.2) is 13.1 Å². The number of benzene rings is 2. The van der Waals surface area contributed by atoms with E-state index in [0.717, 1.165) is 11.1 Å². The standard InChI is InChI=1S/C18H23NO4S/c1-5-23-16-9-7-6-8-15(16)12-19-24(20,21)18-11-13(2)17(22-4)10-14(18)3/h6-11,19H,5,12H2,1-4H3. The summed E-state index contributed by atoms with van der Waals surface area (Å²) in [6, 6.07) is 10.8. The Balaban J connectivity index is 2.25. The number of para-hydroxylation sites is 1. The molecule has 0 aromatic heterocycles. The van der Waals surface area contributed by atoms with Gasteiger partial charge in [-0.1, -0.05) is 18.2 Å². The Morgan fingerprint density at radius 2 is 1.75 bits per heavy atom. The molecule has 2 rings (SSSR count). The molecule has 0 aliphatic heterocycles. The minimum atomic E-state index is -3.63. The molecule has 0 atom stereocenters. The SMILES string of the molecule is CCOc1ccccc1CNS(=O)(=O)c1cc(C)c(OC)cc1C. The Hall–Kier alpha value is -2.05. The second kappa shape index (κ2) is 7.68. The Morgan fingerprint density at radius 1 is 1.04 bits per heavy atom. The van der Waals surface area contributed by atoms with Gasteiger partial charge in [0.2, 0.25) is 10.0 Å². The molecule has 0 aliphatic carbocycles. The molecule has 0 amide bonds. The number of hydrogen-bond acceptors (Lipinski definition) is 4. The van der Waals surface area contributed by atoms with Gasteiger partial charge in [0, 0.05) is 12.1 Å². The number of ether oxygens (including phenoxy) is 2. The van der Waals surface area contributed by atoms with Crippen LogP contribution in [0.1, 0.15) is 23.6 Å². The van der Waals surface area contributed by atoms with Crippen LogP contribution in [0.15, 0.2) is 41.3 Å². The minimum Gasteiger partial charge on any atom is -0.496 e. The second-order valence-electron chi connectivity index (χ2n) is 5.45. The molecule has 0 spiro atoms. The Kier molecular flexibility index (Phi) is 5.85. The molecule has 0 aliphatic rings. The van der Waals surface area contributed by atoms with Gasteiger partial charge in [0.25, 0.3) is 0 Å². The van der Waals surface area contributed by atoms with E-state index in [2.05, 4.69) is 4.72 Å². The summed E-state index contributed by atoms with van der Waals surface area (Å²) < 4.78 is 38.7. The highest BCUT2D eigenvalue weighted by molar-refractivity contribution is 7.89. The third-order valence-corrected chi connectivity index (χ3v) is 5.25. The molecular weight excluding hydrogens is 326 g/mol. The van der Waals surface area contributed by atoms with Crippen LogP contribution in [0.3, 0.4) is 0 Å². The van der Waals surface area contributed by atoms with E-state index in [4.69, 9.17) is 9.47 Å². The molecule has 0 saturated carbocycles. The van der Waals surface area contributed by atoms with Crippen molar-refractivity contribution in [2.75, 3.05) is 13.7 Å². The number of hydrogen-bond donors (Lipinski definition) is 1. The zero-order valence-electron chi connectivity index (χ0n) is 14.4. The van der Waals surface area contributed by atoms with Crippen molar-refractivity contribution < 1.29 is 17.9 Å². The zero-order chi connectivity index (χ0) is 17.7. The normalized spacial score (nSPS) is 11.3. The molecule has 1 N–H and O–H groups in total. The summed E-state index contributed by atoms with van der Waals surface area (Å²) in [5.74, 6) is 1.36. The number of nitrogens with one attached hydrogen (secondary N) is 1. The topological polar surface area (TPSA) is 64.6 Å². The molecular formula is C18H23NO4S. The van der Waals surface area contributed by atoms with Crippen LogP contribution in [0, 0.1) is 13.8 Å². The first-order chi connectivity index (χ1) is 11.4. The van der Waals surface area contributed by atoms with Crippen LogP contribution in [0.2, 0.25) is 0 Å². The van der Waals surface area contributed by atoms with Crippen molar-refractivity contribution >= 4 is 10.0 Å². The smallest absolute Gasteiger partial charge is 0.241 e. The number of rotatable bonds is 7. The molecule has 5 nitrogen and oxygen atoms in total. The van der Waals surface area contributed by atoms with E-state index in [0.29, 0.717) is 23.7 Å². The predicted octanol–water partition coefficient (Wildman–Crippen LogP) is 3.19. The van der Waals surface area contributed by atoms with Crippen LogP contribution >= 0.6 is 0 Å². The lowest BCUT2D eigenvalue weighted by atomic mass is 10.1. The summed E-state index contributed by atoms with van der Waals surface area (Å²) in [7, 11) is -2.06. The van der Waals surface area contributed by atoms with E-state index < -0.39 is 10.0 Å². The fraction of sp³-hybridized carbons (Fsp3) is 0.333. The summed E-state index contributed by atoms with van der Waals surface area (Å²) in [5.41, 5.74) is 2.21.